The molecule has 1 amide bonds. The van der Waals surface area contributed by atoms with Crippen molar-refractivity contribution in [1.29, 1.82) is 0 Å². The SMILES string of the molecule is CCOc1ccc(CNC(=O)C(c2ccccc2)N(CC)CC)cc1OC. The Morgan fingerprint density at radius 1 is 1.04 bits per heavy atom. The van der Waals surface area contributed by atoms with Crippen LogP contribution < -0.4 is 14.8 Å². The average Bonchev–Trinajstić information content (AvgIpc) is 2.71. The largest absolute Gasteiger partial charge is 0.493 e. The van der Waals surface area contributed by atoms with E-state index in [1.165, 1.54) is 0 Å². The van der Waals surface area contributed by atoms with Crippen molar-refractivity contribution in [2.45, 2.75) is 33.4 Å². The summed E-state index contributed by atoms with van der Waals surface area (Å²) in [7, 11) is 1.62. The van der Waals surface area contributed by atoms with Crippen molar-refractivity contribution in [2.75, 3.05) is 26.8 Å². The number of carbonyl (C=O) groups excluding carboxylic acids is 1. The summed E-state index contributed by atoms with van der Waals surface area (Å²) in [6.07, 6.45) is 0. The van der Waals surface area contributed by atoms with Crippen molar-refractivity contribution in [2.24, 2.45) is 0 Å². The quantitative estimate of drug-likeness (QED) is 0.691. The summed E-state index contributed by atoms with van der Waals surface area (Å²) in [5, 5.41) is 3.07. The molecule has 1 N–H and O–H groups in total. The number of hydrogen-bond acceptors (Lipinski definition) is 4. The zero-order valence-corrected chi connectivity index (χ0v) is 16.7. The van der Waals surface area contributed by atoms with Crippen LogP contribution in [-0.4, -0.2) is 37.6 Å². The van der Waals surface area contributed by atoms with E-state index in [0.29, 0.717) is 24.7 Å². The van der Waals surface area contributed by atoms with E-state index in [1.54, 1.807) is 7.11 Å². The Morgan fingerprint density at radius 2 is 1.74 bits per heavy atom. The molecule has 2 rings (SSSR count). The maximum Gasteiger partial charge on any atom is 0.242 e. The summed E-state index contributed by atoms with van der Waals surface area (Å²) in [4.78, 5) is 15.1. The summed E-state index contributed by atoms with van der Waals surface area (Å²) in [6, 6.07) is 15.3. The highest BCUT2D eigenvalue weighted by Crippen LogP contribution is 2.28. The van der Waals surface area contributed by atoms with Gasteiger partial charge in [-0.1, -0.05) is 50.2 Å². The van der Waals surface area contributed by atoms with Crippen LogP contribution in [0.25, 0.3) is 0 Å². The molecule has 1 unspecified atom stereocenters. The second kappa shape index (κ2) is 10.6. The van der Waals surface area contributed by atoms with Crippen LogP contribution in [0.4, 0.5) is 0 Å². The molecule has 146 valence electrons. The predicted molar refractivity (Wildman–Crippen MR) is 108 cm³/mol. The second-order valence-electron chi connectivity index (χ2n) is 6.17. The molecule has 2 aromatic rings. The fourth-order valence-electron chi connectivity index (χ4n) is 3.13. The van der Waals surface area contributed by atoms with E-state index in [-0.39, 0.29) is 11.9 Å². The van der Waals surface area contributed by atoms with E-state index in [4.69, 9.17) is 9.47 Å². The standard InChI is InChI=1S/C22H30N2O3/c1-5-24(6-2)21(18-11-9-8-10-12-18)22(25)23-16-17-13-14-19(27-7-3)20(15-17)26-4/h8-15,21H,5-7,16H2,1-4H3,(H,23,25). The van der Waals surface area contributed by atoms with Crippen molar-refractivity contribution in [1.82, 2.24) is 10.2 Å². The fourth-order valence-corrected chi connectivity index (χ4v) is 3.13. The zero-order valence-electron chi connectivity index (χ0n) is 16.7. The molecule has 0 spiro atoms. The van der Waals surface area contributed by atoms with E-state index in [1.807, 2.05) is 55.5 Å². The molecule has 0 aliphatic carbocycles. The van der Waals surface area contributed by atoms with Crippen LogP contribution in [0.2, 0.25) is 0 Å². The van der Waals surface area contributed by atoms with Crippen LogP contribution >= 0.6 is 0 Å². The number of amides is 1. The number of methoxy groups -OCH3 is 1. The Labute approximate surface area is 162 Å². The summed E-state index contributed by atoms with van der Waals surface area (Å²) in [5.41, 5.74) is 1.97. The van der Waals surface area contributed by atoms with Crippen molar-refractivity contribution in [3.8, 4) is 11.5 Å². The summed E-state index contributed by atoms with van der Waals surface area (Å²) in [6.45, 7) is 8.71. The minimum Gasteiger partial charge on any atom is -0.493 e. The minimum atomic E-state index is -0.300. The van der Waals surface area contributed by atoms with Gasteiger partial charge >= 0.3 is 0 Å². The van der Waals surface area contributed by atoms with Crippen LogP contribution in [0.3, 0.4) is 0 Å². The molecule has 27 heavy (non-hydrogen) atoms. The lowest BCUT2D eigenvalue weighted by Crippen LogP contribution is -2.40. The normalized spacial score (nSPS) is 11.9. The van der Waals surface area contributed by atoms with Crippen LogP contribution in [0, 0.1) is 0 Å². The molecule has 5 nitrogen and oxygen atoms in total. The number of benzene rings is 2. The Bertz CT molecular complexity index is 715. The lowest BCUT2D eigenvalue weighted by Gasteiger charge is -2.29. The Morgan fingerprint density at radius 3 is 2.33 bits per heavy atom. The van der Waals surface area contributed by atoms with Gasteiger partial charge in [0.25, 0.3) is 0 Å². The van der Waals surface area contributed by atoms with E-state index < -0.39 is 0 Å². The summed E-state index contributed by atoms with van der Waals surface area (Å²) in [5.74, 6) is 1.38. The lowest BCUT2D eigenvalue weighted by molar-refractivity contribution is -0.126. The molecule has 0 aromatic heterocycles. The highest BCUT2D eigenvalue weighted by atomic mass is 16.5. The van der Waals surface area contributed by atoms with Gasteiger partial charge in [-0.05, 0) is 43.3 Å². The van der Waals surface area contributed by atoms with Crippen LogP contribution in [0.15, 0.2) is 48.5 Å². The van der Waals surface area contributed by atoms with Gasteiger partial charge < -0.3 is 14.8 Å². The smallest absolute Gasteiger partial charge is 0.242 e. The zero-order chi connectivity index (χ0) is 19.6. The number of ether oxygens (including phenoxy) is 2. The average molecular weight is 370 g/mol. The topological polar surface area (TPSA) is 50.8 Å². The van der Waals surface area contributed by atoms with Gasteiger partial charge in [-0.2, -0.15) is 0 Å². The molecule has 0 aliphatic rings. The van der Waals surface area contributed by atoms with Crippen molar-refractivity contribution >= 4 is 5.91 Å². The predicted octanol–water partition coefficient (Wildman–Crippen LogP) is 3.79. The fraction of sp³-hybridized carbons (Fsp3) is 0.409. The van der Waals surface area contributed by atoms with Crippen molar-refractivity contribution in [3.63, 3.8) is 0 Å². The highest BCUT2D eigenvalue weighted by molar-refractivity contribution is 5.83. The summed E-state index contributed by atoms with van der Waals surface area (Å²) < 4.78 is 10.9. The van der Waals surface area contributed by atoms with Gasteiger partial charge in [0, 0.05) is 6.54 Å². The first-order chi connectivity index (χ1) is 13.1. The van der Waals surface area contributed by atoms with Gasteiger partial charge in [-0.15, -0.1) is 0 Å². The first-order valence-corrected chi connectivity index (χ1v) is 9.50. The summed E-state index contributed by atoms with van der Waals surface area (Å²) >= 11 is 0. The van der Waals surface area contributed by atoms with Crippen LogP contribution in [-0.2, 0) is 11.3 Å². The first-order valence-electron chi connectivity index (χ1n) is 9.50. The lowest BCUT2D eigenvalue weighted by atomic mass is 10.0. The number of hydrogen-bond donors (Lipinski definition) is 1. The number of nitrogens with zero attached hydrogens (tertiary/aromatic N) is 1. The molecule has 0 saturated heterocycles. The third-order valence-electron chi connectivity index (χ3n) is 4.54. The molecule has 1 atom stereocenters. The molecular formula is C22H30N2O3. The molecule has 0 aliphatic heterocycles. The van der Waals surface area contributed by atoms with Crippen molar-refractivity contribution < 1.29 is 14.3 Å². The Kier molecular flexibility index (Phi) is 8.14. The van der Waals surface area contributed by atoms with Gasteiger partial charge in [0.2, 0.25) is 5.91 Å². The highest BCUT2D eigenvalue weighted by Gasteiger charge is 2.25. The molecule has 0 fully saturated rings. The van der Waals surface area contributed by atoms with Gasteiger partial charge in [0.05, 0.1) is 13.7 Å². The van der Waals surface area contributed by atoms with E-state index in [2.05, 4.69) is 24.1 Å². The molecule has 0 bridgehead atoms. The third kappa shape index (κ3) is 5.47. The van der Waals surface area contributed by atoms with E-state index in [9.17, 15) is 4.79 Å². The van der Waals surface area contributed by atoms with E-state index in [0.717, 1.165) is 24.2 Å². The number of likely N-dealkylation sites (N-methyl/N-ethyl adjacent to an activating group) is 1. The number of carbonyl (C=O) groups is 1. The molecule has 0 radical (unpaired) electrons. The van der Waals surface area contributed by atoms with Gasteiger partial charge in [-0.3, -0.25) is 9.69 Å². The van der Waals surface area contributed by atoms with Gasteiger partial charge in [-0.25, -0.2) is 0 Å². The van der Waals surface area contributed by atoms with Crippen molar-refractivity contribution in [3.05, 3.63) is 59.7 Å². The molecule has 2 aromatic carbocycles. The Balaban J connectivity index is 2.13. The maximum absolute atomic E-state index is 13.0. The number of rotatable bonds is 10. The minimum absolute atomic E-state index is 0.00208. The monoisotopic (exact) mass is 370 g/mol. The molecule has 5 heteroatoms. The molecule has 0 heterocycles. The maximum atomic E-state index is 13.0. The molecular weight excluding hydrogens is 340 g/mol. The van der Waals surface area contributed by atoms with Crippen LogP contribution in [0.5, 0.6) is 11.5 Å². The van der Waals surface area contributed by atoms with Crippen LogP contribution in [0.1, 0.15) is 37.9 Å². The first kappa shape index (κ1) is 20.8. The van der Waals surface area contributed by atoms with Gasteiger partial charge in [0.1, 0.15) is 6.04 Å². The second-order valence-corrected chi connectivity index (χ2v) is 6.17. The Hall–Kier alpha value is -2.53. The molecule has 0 saturated carbocycles. The van der Waals surface area contributed by atoms with E-state index >= 15 is 0 Å². The number of nitrogens with one attached hydrogen (secondary N) is 1. The van der Waals surface area contributed by atoms with Gasteiger partial charge in [0.15, 0.2) is 11.5 Å². The third-order valence-corrected chi connectivity index (χ3v) is 4.54.